The molecule has 1 saturated carbocycles. The Bertz CT molecular complexity index is 392. The highest BCUT2D eigenvalue weighted by Crippen LogP contribution is 2.30. The van der Waals surface area contributed by atoms with Crippen LogP contribution in [0, 0.1) is 0 Å². The highest BCUT2D eigenvalue weighted by Gasteiger charge is 2.42. The van der Waals surface area contributed by atoms with Gasteiger partial charge in [-0.2, -0.15) is 0 Å². The molecule has 4 heteroatoms. The average molecular weight is 285 g/mol. The summed E-state index contributed by atoms with van der Waals surface area (Å²) >= 11 is 3.40. The third kappa shape index (κ3) is 2.28. The molecular formula is C12H13BrO3. The van der Waals surface area contributed by atoms with E-state index in [9.17, 15) is 4.79 Å². The van der Waals surface area contributed by atoms with Crippen LogP contribution in [0.2, 0.25) is 0 Å². The van der Waals surface area contributed by atoms with Crippen molar-refractivity contribution >= 4 is 21.7 Å². The lowest BCUT2D eigenvalue weighted by molar-refractivity contribution is -0.154. The number of hydrogen-bond donors (Lipinski definition) is 0. The maximum absolute atomic E-state index is 11.3. The number of halogens is 1. The highest BCUT2D eigenvalue weighted by molar-refractivity contribution is 9.10. The lowest BCUT2D eigenvalue weighted by Crippen LogP contribution is -2.52. The first kappa shape index (κ1) is 11.6. The van der Waals surface area contributed by atoms with Gasteiger partial charge in [0.25, 0.3) is 0 Å². The van der Waals surface area contributed by atoms with E-state index in [4.69, 9.17) is 9.47 Å². The second-order valence-electron chi connectivity index (χ2n) is 3.63. The van der Waals surface area contributed by atoms with Gasteiger partial charge >= 0.3 is 0 Å². The molecule has 1 aromatic carbocycles. The Labute approximate surface area is 103 Å². The molecule has 3 nitrogen and oxygen atoms in total. The summed E-state index contributed by atoms with van der Waals surface area (Å²) in [6, 6.07) is 7.60. The van der Waals surface area contributed by atoms with E-state index in [-0.39, 0.29) is 11.9 Å². The van der Waals surface area contributed by atoms with Crippen LogP contribution in [0.1, 0.15) is 13.3 Å². The van der Waals surface area contributed by atoms with Crippen molar-refractivity contribution in [2.24, 2.45) is 0 Å². The van der Waals surface area contributed by atoms with Gasteiger partial charge in [-0.15, -0.1) is 0 Å². The Hall–Kier alpha value is -0.870. The first-order valence-corrected chi connectivity index (χ1v) is 6.07. The number of benzene rings is 1. The highest BCUT2D eigenvalue weighted by atomic mass is 79.9. The van der Waals surface area contributed by atoms with Crippen LogP contribution in [-0.4, -0.2) is 24.6 Å². The molecule has 2 atom stereocenters. The predicted octanol–water partition coefficient (Wildman–Crippen LogP) is 2.57. The largest absolute Gasteiger partial charge is 0.486 e. The van der Waals surface area contributed by atoms with E-state index in [0.29, 0.717) is 13.0 Å². The van der Waals surface area contributed by atoms with Crippen LogP contribution in [0.25, 0.3) is 0 Å². The third-order valence-electron chi connectivity index (χ3n) is 2.52. The summed E-state index contributed by atoms with van der Waals surface area (Å²) in [7, 11) is 0. The van der Waals surface area contributed by atoms with Crippen LogP contribution in [-0.2, 0) is 9.53 Å². The molecule has 0 radical (unpaired) electrons. The molecular weight excluding hydrogens is 272 g/mol. The van der Waals surface area contributed by atoms with E-state index in [2.05, 4.69) is 15.9 Å². The van der Waals surface area contributed by atoms with Crippen LogP contribution >= 0.6 is 15.9 Å². The van der Waals surface area contributed by atoms with Gasteiger partial charge in [0.15, 0.2) is 11.9 Å². The molecule has 0 aliphatic heterocycles. The number of rotatable bonds is 4. The van der Waals surface area contributed by atoms with Gasteiger partial charge in [-0.25, -0.2) is 0 Å². The summed E-state index contributed by atoms with van der Waals surface area (Å²) in [6.45, 7) is 2.41. The minimum Gasteiger partial charge on any atom is -0.486 e. The van der Waals surface area contributed by atoms with Crippen LogP contribution in [0.4, 0.5) is 0 Å². The van der Waals surface area contributed by atoms with Crippen LogP contribution in [0.5, 0.6) is 5.75 Å². The Morgan fingerprint density at radius 2 is 2.19 bits per heavy atom. The zero-order chi connectivity index (χ0) is 11.5. The van der Waals surface area contributed by atoms with E-state index < -0.39 is 6.10 Å². The van der Waals surface area contributed by atoms with Gasteiger partial charge in [0.05, 0.1) is 4.47 Å². The van der Waals surface area contributed by atoms with Gasteiger partial charge in [0.2, 0.25) is 0 Å². The number of carbonyl (C=O) groups excluding carboxylic acids is 1. The molecule has 0 amide bonds. The molecule has 16 heavy (non-hydrogen) atoms. The fourth-order valence-corrected chi connectivity index (χ4v) is 2.03. The lowest BCUT2D eigenvalue weighted by Gasteiger charge is -2.34. The topological polar surface area (TPSA) is 35.5 Å². The summed E-state index contributed by atoms with van der Waals surface area (Å²) in [5.41, 5.74) is 0. The van der Waals surface area contributed by atoms with Crippen molar-refractivity contribution in [3.63, 3.8) is 0 Å². The zero-order valence-corrected chi connectivity index (χ0v) is 10.6. The molecule has 86 valence electrons. The van der Waals surface area contributed by atoms with E-state index in [1.807, 2.05) is 31.2 Å². The Kier molecular flexibility index (Phi) is 3.61. The Morgan fingerprint density at radius 3 is 2.81 bits per heavy atom. The Morgan fingerprint density at radius 1 is 1.44 bits per heavy atom. The predicted molar refractivity (Wildman–Crippen MR) is 63.6 cm³/mol. The monoisotopic (exact) mass is 284 g/mol. The number of para-hydroxylation sites is 1. The van der Waals surface area contributed by atoms with Crippen molar-refractivity contribution in [3.8, 4) is 5.75 Å². The standard InChI is InChI=1S/C12H13BrO3/c1-2-15-12-9(14)7-11(12)16-10-6-4-3-5-8(10)13/h3-6,11-12H,2,7H2,1H3. The first-order chi connectivity index (χ1) is 7.72. The summed E-state index contributed by atoms with van der Waals surface area (Å²) < 4.78 is 11.9. The molecule has 1 aliphatic rings. The molecule has 1 fully saturated rings. The molecule has 0 saturated heterocycles. The number of carbonyl (C=O) groups is 1. The van der Waals surface area contributed by atoms with Crippen molar-refractivity contribution in [1.82, 2.24) is 0 Å². The summed E-state index contributed by atoms with van der Waals surface area (Å²) in [5, 5.41) is 0. The van der Waals surface area contributed by atoms with Gasteiger partial charge in [-0.1, -0.05) is 12.1 Å². The zero-order valence-electron chi connectivity index (χ0n) is 8.98. The van der Waals surface area contributed by atoms with E-state index in [1.165, 1.54) is 0 Å². The molecule has 0 heterocycles. The molecule has 0 spiro atoms. The lowest BCUT2D eigenvalue weighted by atomic mass is 9.90. The van der Waals surface area contributed by atoms with Crippen LogP contribution in [0.15, 0.2) is 28.7 Å². The van der Waals surface area contributed by atoms with Crippen LogP contribution < -0.4 is 4.74 Å². The van der Waals surface area contributed by atoms with Gasteiger partial charge in [0, 0.05) is 13.0 Å². The molecule has 2 rings (SSSR count). The number of hydrogen-bond acceptors (Lipinski definition) is 3. The summed E-state index contributed by atoms with van der Waals surface area (Å²) in [4.78, 5) is 11.3. The van der Waals surface area contributed by atoms with Gasteiger partial charge < -0.3 is 9.47 Å². The minimum atomic E-state index is -0.392. The van der Waals surface area contributed by atoms with Crippen molar-refractivity contribution in [3.05, 3.63) is 28.7 Å². The molecule has 0 N–H and O–H groups in total. The van der Waals surface area contributed by atoms with Crippen molar-refractivity contribution in [2.45, 2.75) is 25.6 Å². The van der Waals surface area contributed by atoms with Gasteiger partial charge in [0.1, 0.15) is 11.9 Å². The van der Waals surface area contributed by atoms with E-state index in [0.717, 1.165) is 10.2 Å². The second-order valence-corrected chi connectivity index (χ2v) is 4.49. The van der Waals surface area contributed by atoms with Crippen molar-refractivity contribution < 1.29 is 14.3 Å². The summed E-state index contributed by atoms with van der Waals surface area (Å²) in [5.74, 6) is 0.878. The number of Topliss-reactive ketones (excluding diaryl/α,β-unsaturated/α-hetero) is 1. The fraction of sp³-hybridized carbons (Fsp3) is 0.417. The number of ketones is 1. The maximum Gasteiger partial charge on any atom is 0.169 e. The minimum absolute atomic E-state index is 0.124. The normalized spacial score (nSPS) is 24.0. The van der Waals surface area contributed by atoms with Gasteiger partial charge in [-0.05, 0) is 35.0 Å². The summed E-state index contributed by atoms with van der Waals surface area (Å²) in [6.07, 6.45) is -0.102. The number of ether oxygens (including phenoxy) is 2. The molecule has 0 aromatic heterocycles. The molecule has 1 aliphatic carbocycles. The smallest absolute Gasteiger partial charge is 0.169 e. The molecule has 2 unspecified atom stereocenters. The first-order valence-electron chi connectivity index (χ1n) is 5.28. The van der Waals surface area contributed by atoms with E-state index in [1.54, 1.807) is 0 Å². The van der Waals surface area contributed by atoms with Crippen LogP contribution in [0.3, 0.4) is 0 Å². The SMILES string of the molecule is CCOC1C(=O)CC1Oc1ccccc1Br. The molecule has 0 bridgehead atoms. The van der Waals surface area contributed by atoms with Crippen molar-refractivity contribution in [1.29, 1.82) is 0 Å². The quantitative estimate of drug-likeness (QED) is 0.853. The second kappa shape index (κ2) is 4.97. The van der Waals surface area contributed by atoms with Gasteiger partial charge in [-0.3, -0.25) is 4.79 Å². The third-order valence-corrected chi connectivity index (χ3v) is 3.17. The average Bonchev–Trinajstić information content (AvgIpc) is 2.28. The van der Waals surface area contributed by atoms with Crippen molar-refractivity contribution in [2.75, 3.05) is 6.61 Å². The van der Waals surface area contributed by atoms with E-state index >= 15 is 0 Å². The molecule has 1 aromatic rings. The fourth-order valence-electron chi connectivity index (χ4n) is 1.66. The Balaban J connectivity index is 2.01. The maximum atomic E-state index is 11.3.